The van der Waals surface area contributed by atoms with E-state index in [0.717, 1.165) is 6.42 Å². The number of fused-ring (bicyclic) bond motifs is 5. The first-order valence-electron chi connectivity index (χ1n) is 10.3. The second kappa shape index (κ2) is 7.54. The summed E-state index contributed by atoms with van der Waals surface area (Å²) in [4.78, 5) is 40.8. The fourth-order valence-corrected chi connectivity index (χ4v) is 5.36. The van der Waals surface area contributed by atoms with E-state index >= 15 is 0 Å². The van der Waals surface area contributed by atoms with Crippen LogP contribution in [0.25, 0.3) is 0 Å². The van der Waals surface area contributed by atoms with Gasteiger partial charge in [0.2, 0.25) is 17.7 Å². The predicted molar refractivity (Wildman–Crippen MR) is 115 cm³/mol. The maximum atomic E-state index is 13.3. The number of phenolic OH excluding ortho intramolecular Hbond substituents is 1. The molecule has 6 nitrogen and oxygen atoms in total. The van der Waals surface area contributed by atoms with E-state index < -0.39 is 11.9 Å². The first kappa shape index (κ1) is 19.8. The highest BCUT2D eigenvalue weighted by molar-refractivity contribution is 6.30. The zero-order chi connectivity index (χ0) is 21.7. The number of para-hydroxylation sites is 2. The number of imide groups is 1. The standard InChI is InChI=1S/C24H21ClN2O4/c25-16-9-7-13(8-10-16)18(12-20(29)26-17-3-1-2-4-19(17)28)27-23(30)21-14-5-6-15(11-14)22(21)24(27)31/h1-10,14-15,18,21-22,28H,11-12H2,(H,26,29). The van der Waals surface area contributed by atoms with Crippen LogP contribution in [0.15, 0.2) is 60.7 Å². The molecular formula is C24H21ClN2O4. The summed E-state index contributed by atoms with van der Waals surface area (Å²) in [6.45, 7) is 0. The molecular weight excluding hydrogens is 416 g/mol. The van der Waals surface area contributed by atoms with Crippen molar-refractivity contribution in [3.8, 4) is 5.75 Å². The number of nitrogens with zero attached hydrogens (tertiary/aromatic N) is 1. The normalized spacial score (nSPS) is 26.9. The highest BCUT2D eigenvalue weighted by Crippen LogP contribution is 2.54. The molecule has 2 aliphatic carbocycles. The lowest BCUT2D eigenvalue weighted by atomic mass is 9.85. The molecule has 2 aromatic rings. The lowest BCUT2D eigenvalue weighted by molar-refractivity contribution is -0.144. The minimum Gasteiger partial charge on any atom is -0.506 e. The second-order valence-corrected chi connectivity index (χ2v) is 8.82. The van der Waals surface area contributed by atoms with Crippen LogP contribution in [-0.2, 0) is 14.4 Å². The minimum absolute atomic E-state index is 0.0515. The van der Waals surface area contributed by atoms with Crippen molar-refractivity contribution in [1.82, 2.24) is 4.90 Å². The quantitative estimate of drug-likeness (QED) is 0.422. The van der Waals surface area contributed by atoms with Crippen LogP contribution < -0.4 is 5.32 Å². The van der Waals surface area contributed by atoms with E-state index in [-0.39, 0.29) is 53.3 Å². The molecule has 2 aromatic carbocycles. The minimum atomic E-state index is -0.742. The number of amides is 3. The molecule has 1 heterocycles. The molecule has 5 unspecified atom stereocenters. The number of rotatable bonds is 5. The number of phenols is 1. The molecule has 2 bridgehead atoms. The number of halogens is 1. The molecule has 1 saturated heterocycles. The number of likely N-dealkylation sites (tertiary alicyclic amines) is 1. The van der Waals surface area contributed by atoms with Gasteiger partial charge in [0.1, 0.15) is 5.75 Å². The van der Waals surface area contributed by atoms with Gasteiger partial charge in [-0.05, 0) is 48.1 Å². The zero-order valence-corrected chi connectivity index (χ0v) is 17.3. The molecule has 3 aliphatic rings. The fourth-order valence-electron chi connectivity index (χ4n) is 5.23. The van der Waals surface area contributed by atoms with Crippen LogP contribution in [0.3, 0.4) is 0 Å². The Morgan fingerprint density at radius 3 is 2.26 bits per heavy atom. The molecule has 0 radical (unpaired) electrons. The molecule has 2 N–H and O–H groups in total. The summed E-state index contributed by atoms with van der Waals surface area (Å²) in [6, 6.07) is 12.5. The summed E-state index contributed by atoms with van der Waals surface area (Å²) >= 11 is 6.03. The Hall–Kier alpha value is -3.12. The van der Waals surface area contributed by atoms with E-state index in [0.29, 0.717) is 10.6 Å². The Labute approximate surface area is 184 Å². The van der Waals surface area contributed by atoms with E-state index in [2.05, 4.69) is 5.32 Å². The largest absolute Gasteiger partial charge is 0.506 e. The van der Waals surface area contributed by atoms with Gasteiger partial charge in [0, 0.05) is 5.02 Å². The molecule has 2 fully saturated rings. The Morgan fingerprint density at radius 2 is 1.65 bits per heavy atom. The van der Waals surface area contributed by atoms with E-state index in [9.17, 15) is 19.5 Å². The van der Waals surface area contributed by atoms with Crippen LogP contribution in [0, 0.1) is 23.7 Å². The maximum Gasteiger partial charge on any atom is 0.234 e. The SMILES string of the molecule is O=C(CC(c1ccc(Cl)cc1)N1C(=O)C2C3C=CC(C3)C2C1=O)Nc1ccccc1O. The number of hydrogen-bond donors (Lipinski definition) is 2. The van der Waals surface area contributed by atoms with Crippen molar-refractivity contribution >= 4 is 35.0 Å². The van der Waals surface area contributed by atoms with Gasteiger partial charge in [-0.15, -0.1) is 0 Å². The van der Waals surface area contributed by atoms with Gasteiger partial charge in [0.25, 0.3) is 0 Å². The summed E-state index contributed by atoms with van der Waals surface area (Å²) in [7, 11) is 0. The lowest BCUT2D eigenvalue weighted by Crippen LogP contribution is -2.38. The fraction of sp³-hybridized carbons (Fsp3) is 0.292. The summed E-state index contributed by atoms with van der Waals surface area (Å²) in [5.41, 5.74) is 0.944. The van der Waals surface area contributed by atoms with Crippen molar-refractivity contribution in [3.63, 3.8) is 0 Å². The molecule has 5 rings (SSSR count). The summed E-state index contributed by atoms with van der Waals surface area (Å²) in [5.74, 6) is -1.35. The molecule has 1 aliphatic heterocycles. The van der Waals surface area contributed by atoms with Gasteiger partial charge in [0.15, 0.2) is 0 Å². The van der Waals surface area contributed by atoms with E-state index in [1.54, 1.807) is 42.5 Å². The van der Waals surface area contributed by atoms with Crippen LogP contribution in [0.5, 0.6) is 5.75 Å². The number of nitrogens with one attached hydrogen (secondary N) is 1. The maximum absolute atomic E-state index is 13.3. The smallest absolute Gasteiger partial charge is 0.234 e. The average Bonchev–Trinajstić information content (AvgIpc) is 3.43. The third-order valence-corrected chi connectivity index (χ3v) is 6.88. The van der Waals surface area contributed by atoms with Crippen molar-refractivity contribution in [1.29, 1.82) is 0 Å². The Morgan fingerprint density at radius 1 is 1.03 bits per heavy atom. The number of hydrogen-bond acceptors (Lipinski definition) is 4. The Balaban J connectivity index is 1.45. The highest BCUT2D eigenvalue weighted by atomic mass is 35.5. The number of anilines is 1. The van der Waals surface area contributed by atoms with E-state index in [4.69, 9.17) is 11.6 Å². The molecule has 5 atom stereocenters. The number of allylic oxidation sites excluding steroid dienone is 2. The van der Waals surface area contributed by atoms with Crippen molar-refractivity contribution in [2.75, 3.05) is 5.32 Å². The van der Waals surface area contributed by atoms with Gasteiger partial charge in [-0.3, -0.25) is 19.3 Å². The first-order valence-corrected chi connectivity index (χ1v) is 10.7. The number of benzene rings is 2. The predicted octanol–water partition coefficient (Wildman–Crippen LogP) is 3.92. The van der Waals surface area contributed by atoms with E-state index in [1.807, 2.05) is 12.2 Å². The monoisotopic (exact) mass is 436 g/mol. The molecule has 1 saturated carbocycles. The van der Waals surface area contributed by atoms with Crippen molar-refractivity contribution in [2.24, 2.45) is 23.7 Å². The van der Waals surface area contributed by atoms with Crippen LogP contribution in [0.1, 0.15) is 24.4 Å². The number of carbonyl (C=O) groups excluding carboxylic acids is 3. The van der Waals surface area contributed by atoms with Crippen LogP contribution >= 0.6 is 11.6 Å². The third-order valence-electron chi connectivity index (χ3n) is 6.63. The van der Waals surface area contributed by atoms with Crippen molar-refractivity contribution in [3.05, 3.63) is 71.3 Å². The molecule has 7 heteroatoms. The van der Waals surface area contributed by atoms with Crippen LogP contribution in [0.2, 0.25) is 5.02 Å². The Bertz CT molecular complexity index is 1070. The van der Waals surface area contributed by atoms with Crippen LogP contribution in [0.4, 0.5) is 5.69 Å². The third kappa shape index (κ3) is 3.31. The summed E-state index contributed by atoms with van der Waals surface area (Å²) in [5, 5.41) is 13.2. The van der Waals surface area contributed by atoms with Gasteiger partial charge in [-0.2, -0.15) is 0 Å². The zero-order valence-electron chi connectivity index (χ0n) is 16.6. The van der Waals surface area contributed by atoms with Gasteiger partial charge >= 0.3 is 0 Å². The number of aromatic hydroxyl groups is 1. The molecule has 0 aromatic heterocycles. The topological polar surface area (TPSA) is 86.7 Å². The van der Waals surface area contributed by atoms with Gasteiger partial charge in [-0.1, -0.05) is 48.0 Å². The summed E-state index contributed by atoms with van der Waals surface area (Å²) in [6.07, 6.45) is 4.82. The van der Waals surface area contributed by atoms with Crippen LogP contribution in [-0.4, -0.2) is 27.7 Å². The number of carbonyl (C=O) groups is 3. The molecule has 0 spiro atoms. The summed E-state index contributed by atoms with van der Waals surface area (Å²) < 4.78 is 0. The molecule has 158 valence electrons. The van der Waals surface area contributed by atoms with E-state index in [1.165, 1.54) is 11.0 Å². The lowest BCUT2D eigenvalue weighted by Gasteiger charge is -2.28. The first-order chi connectivity index (χ1) is 14.9. The highest BCUT2D eigenvalue weighted by Gasteiger charge is 2.60. The van der Waals surface area contributed by atoms with Gasteiger partial charge in [-0.25, -0.2) is 0 Å². The Kier molecular flexibility index (Phi) is 4.82. The van der Waals surface area contributed by atoms with Gasteiger partial charge in [0.05, 0.1) is 30.0 Å². The van der Waals surface area contributed by atoms with Gasteiger partial charge < -0.3 is 10.4 Å². The van der Waals surface area contributed by atoms with Crippen molar-refractivity contribution < 1.29 is 19.5 Å². The van der Waals surface area contributed by atoms with Crippen molar-refractivity contribution in [2.45, 2.75) is 18.9 Å². The molecule has 3 amide bonds. The average molecular weight is 437 g/mol. The second-order valence-electron chi connectivity index (χ2n) is 8.38. The molecule has 31 heavy (non-hydrogen) atoms.